The second-order valence-corrected chi connectivity index (χ2v) is 6.70. The first-order valence-electron chi connectivity index (χ1n) is 5.19. The first kappa shape index (κ1) is 13.0. The van der Waals surface area contributed by atoms with Crippen molar-refractivity contribution in [2.45, 2.75) is 32.2 Å². The predicted molar refractivity (Wildman–Crippen MR) is 59.2 cm³/mol. The SMILES string of the molecule is CC(CS(C)(=O)=O)NC(=O)C1(C#N)CCC1. The van der Waals surface area contributed by atoms with E-state index in [0.29, 0.717) is 12.8 Å². The van der Waals surface area contributed by atoms with Crippen LogP contribution in [0.1, 0.15) is 26.2 Å². The van der Waals surface area contributed by atoms with Crippen LogP contribution in [0.3, 0.4) is 0 Å². The number of hydrogen-bond donors (Lipinski definition) is 1. The fourth-order valence-electron chi connectivity index (χ4n) is 1.78. The summed E-state index contributed by atoms with van der Waals surface area (Å²) in [5.41, 5.74) is -0.911. The van der Waals surface area contributed by atoms with Gasteiger partial charge in [0.2, 0.25) is 5.91 Å². The van der Waals surface area contributed by atoms with Gasteiger partial charge in [-0.05, 0) is 26.2 Å². The average molecular weight is 244 g/mol. The minimum Gasteiger partial charge on any atom is -0.351 e. The molecule has 16 heavy (non-hydrogen) atoms. The fourth-order valence-corrected chi connectivity index (χ4v) is 2.77. The van der Waals surface area contributed by atoms with Gasteiger partial charge in [-0.25, -0.2) is 8.42 Å². The second-order valence-electron chi connectivity index (χ2n) is 4.51. The Labute approximate surface area is 95.7 Å². The Morgan fingerprint density at radius 2 is 2.12 bits per heavy atom. The molecule has 1 aliphatic carbocycles. The van der Waals surface area contributed by atoms with Gasteiger partial charge in [0.15, 0.2) is 0 Å². The molecule has 1 N–H and O–H groups in total. The van der Waals surface area contributed by atoms with Crippen molar-refractivity contribution in [2.75, 3.05) is 12.0 Å². The van der Waals surface area contributed by atoms with E-state index in [0.717, 1.165) is 12.7 Å². The Balaban J connectivity index is 2.55. The van der Waals surface area contributed by atoms with Gasteiger partial charge in [-0.2, -0.15) is 5.26 Å². The van der Waals surface area contributed by atoms with E-state index in [1.54, 1.807) is 6.92 Å². The summed E-state index contributed by atoms with van der Waals surface area (Å²) in [6.07, 6.45) is 3.14. The molecule has 1 amide bonds. The van der Waals surface area contributed by atoms with Gasteiger partial charge < -0.3 is 5.32 Å². The molecule has 0 radical (unpaired) electrons. The van der Waals surface area contributed by atoms with Gasteiger partial charge in [0.25, 0.3) is 0 Å². The topological polar surface area (TPSA) is 87.0 Å². The molecule has 1 unspecified atom stereocenters. The zero-order valence-corrected chi connectivity index (χ0v) is 10.3. The summed E-state index contributed by atoms with van der Waals surface area (Å²) in [6.45, 7) is 1.63. The van der Waals surface area contributed by atoms with Crippen molar-refractivity contribution < 1.29 is 13.2 Å². The normalized spacial score (nSPS) is 20.3. The number of amides is 1. The summed E-state index contributed by atoms with van der Waals surface area (Å²) in [6, 6.07) is 1.57. The van der Waals surface area contributed by atoms with Crippen molar-refractivity contribution in [1.29, 1.82) is 5.26 Å². The highest BCUT2D eigenvalue weighted by molar-refractivity contribution is 7.90. The molecule has 1 saturated carbocycles. The summed E-state index contributed by atoms with van der Waals surface area (Å²) < 4.78 is 22.0. The van der Waals surface area contributed by atoms with Gasteiger partial charge >= 0.3 is 0 Å². The average Bonchev–Trinajstić information content (AvgIpc) is 1.98. The second kappa shape index (κ2) is 4.42. The Bertz CT molecular complexity index is 418. The number of hydrogen-bond acceptors (Lipinski definition) is 4. The first-order valence-corrected chi connectivity index (χ1v) is 7.25. The minimum atomic E-state index is -3.11. The number of carbonyl (C=O) groups excluding carboxylic acids is 1. The minimum absolute atomic E-state index is 0.0970. The quantitative estimate of drug-likeness (QED) is 0.767. The van der Waals surface area contributed by atoms with Crippen LogP contribution < -0.4 is 5.32 Å². The summed E-state index contributed by atoms with van der Waals surface area (Å²) in [5.74, 6) is -0.433. The summed E-state index contributed by atoms with van der Waals surface area (Å²) in [5, 5.41) is 11.5. The van der Waals surface area contributed by atoms with E-state index in [-0.39, 0.29) is 11.7 Å². The maximum atomic E-state index is 11.7. The van der Waals surface area contributed by atoms with E-state index in [1.165, 1.54) is 0 Å². The van der Waals surface area contributed by atoms with Crippen LogP contribution in [0.15, 0.2) is 0 Å². The van der Waals surface area contributed by atoms with Crippen LogP contribution in [0, 0.1) is 16.7 Å². The monoisotopic (exact) mass is 244 g/mol. The summed E-state index contributed by atoms with van der Waals surface area (Å²) >= 11 is 0. The molecule has 0 aliphatic heterocycles. The number of carbonyl (C=O) groups is 1. The number of rotatable bonds is 4. The van der Waals surface area contributed by atoms with Gasteiger partial charge in [-0.15, -0.1) is 0 Å². The van der Waals surface area contributed by atoms with Crippen molar-refractivity contribution in [2.24, 2.45) is 5.41 Å². The van der Waals surface area contributed by atoms with Crippen molar-refractivity contribution in [3.8, 4) is 6.07 Å². The number of nitrogens with zero attached hydrogens (tertiary/aromatic N) is 1. The zero-order chi connectivity index (χ0) is 12.4. The highest BCUT2D eigenvalue weighted by Crippen LogP contribution is 2.40. The lowest BCUT2D eigenvalue weighted by Gasteiger charge is -2.34. The Morgan fingerprint density at radius 3 is 2.44 bits per heavy atom. The molecule has 0 spiro atoms. The molecule has 6 heteroatoms. The molecule has 0 saturated heterocycles. The summed E-state index contributed by atoms with van der Waals surface area (Å²) in [4.78, 5) is 11.7. The van der Waals surface area contributed by atoms with E-state index < -0.39 is 21.3 Å². The molecule has 1 atom stereocenters. The maximum Gasteiger partial charge on any atom is 0.240 e. The lowest BCUT2D eigenvalue weighted by atomic mass is 9.69. The Morgan fingerprint density at radius 1 is 1.56 bits per heavy atom. The molecule has 1 aliphatic rings. The van der Waals surface area contributed by atoms with Gasteiger partial charge in [0.05, 0.1) is 11.8 Å². The van der Waals surface area contributed by atoms with E-state index in [2.05, 4.69) is 5.32 Å². The van der Waals surface area contributed by atoms with Gasteiger partial charge in [-0.3, -0.25) is 4.79 Å². The van der Waals surface area contributed by atoms with E-state index in [1.807, 2.05) is 6.07 Å². The van der Waals surface area contributed by atoms with Crippen molar-refractivity contribution in [1.82, 2.24) is 5.32 Å². The van der Waals surface area contributed by atoms with Gasteiger partial charge in [0.1, 0.15) is 15.3 Å². The molecular weight excluding hydrogens is 228 g/mol. The predicted octanol–water partition coefficient (Wildman–Crippen LogP) is 0.230. The zero-order valence-electron chi connectivity index (χ0n) is 9.49. The van der Waals surface area contributed by atoms with Gasteiger partial charge in [0, 0.05) is 12.3 Å². The van der Waals surface area contributed by atoms with E-state index >= 15 is 0 Å². The van der Waals surface area contributed by atoms with Crippen LogP contribution in [0.2, 0.25) is 0 Å². The third-order valence-electron chi connectivity index (χ3n) is 2.79. The highest BCUT2D eigenvalue weighted by Gasteiger charge is 2.44. The van der Waals surface area contributed by atoms with Crippen LogP contribution in [-0.4, -0.2) is 32.4 Å². The number of sulfone groups is 1. The van der Waals surface area contributed by atoms with Crippen LogP contribution in [0.5, 0.6) is 0 Å². The smallest absolute Gasteiger partial charge is 0.240 e. The van der Waals surface area contributed by atoms with Crippen molar-refractivity contribution >= 4 is 15.7 Å². The number of nitrogens with one attached hydrogen (secondary N) is 1. The van der Waals surface area contributed by atoms with Gasteiger partial charge in [-0.1, -0.05) is 0 Å². The molecule has 0 bridgehead atoms. The molecule has 0 aromatic rings. The lowest BCUT2D eigenvalue weighted by Crippen LogP contribution is -2.49. The van der Waals surface area contributed by atoms with Crippen LogP contribution in [-0.2, 0) is 14.6 Å². The Kier molecular flexibility index (Phi) is 3.58. The summed E-state index contributed by atoms with van der Waals surface area (Å²) in [7, 11) is -3.11. The van der Waals surface area contributed by atoms with Crippen LogP contribution in [0.25, 0.3) is 0 Å². The van der Waals surface area contributed by atoms with Crippen molar-refractivity contribution in [3.63, 3.8) is 0 Å². The maximum absolute atomic E-state index is 11.7. The lowest BCUT2D eigenvalue weighted by molar-refractivity contribution is -0.132. The highest BCUT2D eigenvalue weighted by atomic mass is 32.2. The third kappa shape index (κ3) is 2.95. The number of nitriles is 1. The molecule has 1 fully saturated rings. The standard InChI is InChI=1S/C10H16N2O3S/c1-8(6-16(2,14)15)12-9(13)10(7-11)4-3-5-10/h8H,3-6H2,1-2H3,(H,12,13). The fraction of sp³-hybridized carbons (Fsp3) is 0.800. The van der Waals surface area contributed by atoms with E-state index in [9.17, 15) is 13.2 Å². The molecule has 1 rings (SSSR count). The van der Waals surface area contributed by atoms with E-state index in [4.69, 9.17) is 5.26 Å². The molecule has 0 aromatic heterocycles. The van der Waals surface area contributed by atoms with Crippen LogP contribution in [0.4, 0.5) is 0 Å². The molecule has 5 nitrogen and oxygen atoms in total. The molecule has 0 aromatic carbocycles. The van der Waals surface area contributed by atoms with Crippen LogP contribution >= 0.6 is 0 Å². The van der Waals surface area contributed by atoms with Crippen molar-refractivity contribution in [3.05, 3.63) is 0 Å². The largest absolute Gasteiger partial charge is 0.351 e. The first-order chi connectivity index (χ1) is 7.29. The third-order valence-corrected chi connectivity index (χ3v) is 3.89. The molecular formula is C10H16N2O3S. The Hall–Kier alpha value is -1.09. The molecule has 90 valence electrons. The molecule has 0 heterocycles.